The van der Waals surface area contributed by atoms with Crippen LogP contribution in [0.15, 0.2) is 35.5 Å². The lowest BCUT2D eigenvalue weighted by Crippen LogP contribution is -2.55. The van der Waals surface area contributed by atoms with Gasteiger partial charge in [-0.2, -0.15) is 0 Å². The molecule has 0 spiro atoms. The molecule has 4 atom stereocenters. The molecular weight excluding hydrogens is 530 g/mol. The molecule has 1 aliphatic heterocycles. The Bertz CT molecular complexity index is 1130. The third-order valence-electron chi connectivity index (χ3n) is 10.1. The second-order valence-electron chi connectivity index (χ2n) is 14.2. The SMILES string of the molecule is C=C1CC(=O)N[C@@H](C)C(=O)N(C)[C@@H](C(C)C)C(=O)NCC(=O)O[C@@H](/C(C)=C/C(C)=C/C23CC4CC(CC(C4)C2)C3)[C@@H]1C. The average molecular weight is 582 g/mol. The van der Waals surface area contributed by atoms with Crippen molar-refractivity contribution in [3.8, 4) is 0 Å². The topological polar surface area (TPSA) is 105 Å². The zero-order chi connectivity index (χ0) is 30.9. The molecule has 42 heavy (non-hydrogen) atoms. The molecule has 0 aromatic carbocycles. The van der Waals surface area contributed by atoms with Crippen molar-refractivity contribution in [2.45, 2.75) is 105 Å². The Morgan fingerprint density at radius 2 is 1.60 bits per heavy atom. The van der Waals surface area contributed by atoms with Crippen LogP contribution in [0.2, 0.25) is 0 Å². The molecule has 8 nitrogen and oxygen atoms in total. The predicted octanol–water partition coefficient (Wildman–Crippen LogP) is 4.71. The molecule has 4 saturated carbocycles. The van der Waals surface area contributed by atoms with E-state index < -0.39 is 30.1 Å². The Morgan fingerprint density at radius 3 is 2.14 bits per heavy atom. The minimum Gasteiger partial charge on any atom is -0.456 e. The number of hydrogen-bond acceptors (Lipinski definition) is 5. The number of cyclic esters (lactones) is 1. The van der Waals surface area contributed by atoms with E-state index in [0.29, 0.717) is 5.57 Å². The number of carbonyl (C=O) groups excluding carboxylic acids is 4. The molecule has 4 aliphatic carbocycles. The van der Waals surface area contributed by atoms with Crippen molar-refractivity contribution in [1.82, 2.24) is 15.5 Å². The number of nitrogens with zero attached hydrogens (tertiary/aromatic N) is 1. The van der Waals surface area contributed by atoms with Gasteiger partial charge in [0.15, 0.2) is 0 Å². The molecule has 5 aliphatic rings. The van der Waals surface area contributed by atoms with Gasteiger partial charge in [0.25, 0.3) is 0 Å². The molecule has 3 amide bonds. The van der Waals surface area contributed by atoms with Gasteiger partial charge >= 0.3 is 5.97 Å². The zero-order valence-corrected chi connectivity index (χ0v) is 26.6. The maximum Gasteiger partial charge on any atom is 0.326 e. The van der Waals surface area contributed by atoms with Gasteiger partial charge in [-0.05, 0) is 94.0 Å². The highest BCUT2D eigenvalue weighted by molar-refractivity contribution is 5.93. The molecule has 2 N–H and O–H groups in total. The van der Waals surface area contributed by atoms with Crippen LogP contribution in [0.5, 0.6) is 0 Å². The zero-order valence-electron chi connectivity index (χ0n) is 26.6. The molecule has 232 valence electrons. The van der Waals surface area contributed by atoms with Crippen LogP contribution < -0.4 is 10.6 Å². The molecule has 0 unspecified atom stereocenters. The number of hydrogen-bond donors (Lipinski definition) is 2. The molecule has 1 saturated heterocycles. The van der Waals surface area contributed by atoms with Crippen LogP contribution in [0, 0.1) is 35.0 Å². The van der Waals surface area contributed by atoms with E-state index in [1.807, 2.05) is 27.7 Å². The molecule has 4 bridgehead atoms. The van der Waals surface area contributed by atoms with Crippen molar-refractivity contribution in [3.05, 3.63) is 35.5 Å². The van der Waals surface area contributed by atoms with Crippen molar-refractivity contribution in [2.75, 3.05) is 13.6 Å². The van der Waals surface area contributed by atoms with Crippen LogP contribution in [0.4, 0.5) is 0 Å². The van der Waals surface area contributed by atoms with Crippen molar-refractivity contribution in [3.63, 3.8) is 0 Å². The summed E-state index contributed by atoms with van der Waals surface area (Å²) >= 11 is 0. The first-order valence-electron chi connectivity index (χ1n) is 15.8. The van der Waals surface area contributed by atoms with Crippen LogP contribution in [0.1, 0.15) is 86.5 Å². The van der Waals surface area contributed by atoms with Crippen LogP contribution in [0.25, 0.3) is 0 Å². The summed E-state index contributed by atoms with van der Waals surface area (Å²) in [6.07, 6.45) is 11.9. The first kappa shape index (κ1) is 32.0. The molecular formula is C34H51N3O5. The van der Waals surface area contributed by atoms with E-state index in [1.165, 1.54) is 56.0 Å². The van der Waals surface area contributed by atoms with Crippen molar-refractivity contribution in [1.29, 1.82) is 0 Å². The number of nitrogens with one attached hydrogen (secondary N) is 2. The van der Waals surface area contributed by atoms with Crippen LogP contribution in [-0.4, -0.2) is 60.4 Å². The van der Waals surface area contributed by atoms with Gasteiger partial charge in [-0.1, -0.05) is 50.6 Å². The number of ether oxygens (including phenoxy) is 1. The number of amides is 3. The monoisotopic (exact) mass is 581 g/mol. The van der Waals surface area contributed by atoms with Gasteiger partial charge in [0.05, 0.1) is 0 Å². The van der Waals surface area contributed by atoms with Crippen molar-refractivity contribution < 1.29 is 23.9 Å². The Hall–Kier alpha value is -2.90. The fourth-order valence-corrected chi connectivity index (χ4v) is 8.66. The van der Waals surface area contributed by atoms with Crippen molar-refractivity contribution in [2.24, 2.45) is 35.0 Å². The van der Waals surface area contributed by atoms with Crippen molar-refractivity contribution >= 4 is 23.7 Å². The second kappa shape index (κ2) is 12.8. The number of rotatable bonds is 4. The van der Waals surface area contributed by atoms with E-state index in [0.717, 1.165) is 23.3 Å². The predicted molar refractivity (Wildman–Crippen MR) is 163 cm³/mol. The quantitative estimate of drug-likeness (QED) is 0.284. The molecule has 0 aromatic rings. The van der Waals surface area contributed by atoms with Crippen LogP contribution >= 0.6 is 0 Å². The van der Waals surface area contributed by atoms with Gasteiger partial charge in [-0.3, -0.25) is 19.2 Å². The lowest BCUT2D eigenvalue weighted by Gasteiger charge is -2.56. The Morgan fingerprint density at radius 1 is 1.02 bits per heavy atom. The summed E-state index contributed by atoms with van der Waals surface area (Å²) < 4.78 is 5.99. The minimum atomic E-state index is -0.822. The smallest absolute Gasteiger partial charge is 0.326 e. The Balaban J connectivity index is 1.58. The highest BCUT2D eigenvalue weighted by Gasteiger charge is 2.49. The molecule has 0 aromatic heterocycles. The average Bonchev–Trinajstić information content (AvgIpc) is 2.87. The van der Waals surface area contributed by atoms with Gasteiger partial charge in [0.2, 0.25) is 17.7 Å². The van der Waals surface area contributed by atoms with Crippen LogP contribution in [0.3, 0.4) is 0 Å². The summed E-state index contributed by atoms with van der Waals surface area (Å²) in [5.74, 6) is 0.247. The van der Waals surface area contributed by atoms with Gasteiger partial charge in [0, 0.05) is 19.4 Å². The van der Waals surface area contributed by atoms with Gasteiger partial charge in [0.1, 0.15) is 24.7 Å². The third-order valence-corrected chi connectivity index (χ3v) is 10.1. The highest BCUT2D eigenvalue weighted by Crippen LogP contribution is 2.60. The summed E-state index contributed by atoms with van der Waals surface area (Å²) in [5, 5.41) is 5.43. The molecule has 5 fully saturated rings. The standard InChI is InChI=1S/C34H51N3O5/c1-19(2)30-32(40)35-18-29(39)42-31(23(6)21(4)10-28(38)36-24(7)33(41)37(30)8)22(5)9-20(3)14-34-15-25-11-26(16-34)13-27(12-25)17-34/h9,14,19,23-27,30-31H,4,10-13,15-18H2,1-3,5-8H3,(H,35,40)(H,36,38)/b20-14+,22-9+/t23-,24+,25?,26?,27?,30+,31+,34?/m1/s1. The lowest BCUT2D eigenvalue weighted by molar-refractivity contribution is -0.149. The molecule has 8 heteroatoms. The fourth-order valence-electron chi connectivity index (χ4n) is 8.66. The second-order valence-corrected chi connectivity index (χ2v) is 14.2. The minimum absolute atomic E-state index is 0.00326. The van der Waals surface area contributed by atoms with E-state index >= 15 is 0 Å². The summed E-state index contributed by atoms with van der Waals surface area (Å²) in [5.41, 5.74) is 2.92. The highest BCUT2D eigenvalue weighted by atomic mass is 16.5. The van der Waals surface area contributed by atoms with Gasteiger partial charge < -0.3 is 20.3 Å². The largest absolute Gasteiger partial charge is 0.456 e. The maximum atomic E-state index is 13.1. The van der Waals surface area contributed by atoms with E-state index in [1.54, 1.807) is 6.92 Å². The lowest BCUT2D eigenvalue weighted by atomic mass is 9.49. The maximum absolute atomic E-state index is 13.1. The summed E-state index contributed by atoms with van der Waals surface area (Å²) in [6, 6.07) is -1.63. The third kappa shape index (κ3) is 7.17. The summed E-state index contributed by atoms with van der Waals surface area (Å²) in [4.78, 5) is 53.5. The first-order chi connectivity index (χ1) is 19.7. The fraction of sp³-hybridized carbons (Fsp3) is 0.706. The summed E-state index contributed by atoms with van der Waals surface area (Å²) in [7, 11) is 1.54. The molecule has 5 rings (SSSR count). The number of likely N-dealkylation sites (N-methyl/N-ethyl adjacent to an activating group) is 1. The summed E-state index contributed by atoms with van der Waals surface area (Å²) in [6.45, 7) is 15.1. The normalized spacial score (nSPS) is 37.3. The van der Waals surface area contributed by atoms with E-state index in [4.69, 9.17) is 4.74 Å². The van der Waals surface area contributed by atoms with E-state index in [2.05, 4.69) is 36.3 Å². The number of allylic oxidation sites excluding steroid dienone is 3. The van der Waals surface area contributed by atoms with Crippen LogP contribution in [-0.2, 0) is 23.9 Å². The van der Waals surface area contributed by atoms with E-state index in [9.17, 15) is 19.2 Å². The molecule has 0 radical (unpaired) electrons. The molecule has 1 heterocycles. The first-order valence-corrected chi connectivity index (χ1v) is 15.8. The van der Waals surface area contributed by atoms with Gasteiger partial charge in [-0.25, -0.2) is 0 Å². The Labute approximate surface area is 251 Å². The Kier molecular flexibility index (Phi) is 9.73. The number of esters is 1. The van der Waals surface area contributed by atoms with E-state index in [-0.39, 0.29) is 42.0 Å². The number of carbonyl (C=O) groups is 4. The van der Waals surface area contributed by atoms with Gasteiger partial charge in [-0.15, -0.1) is 0 Å².